The first-order chi connectivity index (χ1) is 8.69. The lowest BCUT2D eigenvalue weighted by molar-refractivity contribution is -0.137. The van der Waals surface area contributed by atoms with E-state index in [0.29, 0.717) is 30.3 Å². The van der Waals surface area contributed by atoms with Crippen LogP contribution >= 0.6 is 0 Å². The van der Waals surface area contributed by atoms with Gasteiger partial charge < -0.3 is 18.9 Å². The fourth-order valence-electron chi connectivity index (χ4n) is 2.06. The van der Waals surface area contributed by atoms with Crippen molar-refractivity contribution >= 4 is 5.97 Å². The third kappa shape index (κ3) is 2.20. The first-order valence-electron chi connectivity index (χ1n) is 5.65. The van der Waals surface area contributed by atoms with Gasteiger partial charge >= 0.3 is 5.97 Å². The molecule has 1 aromatic carbocycles. The summed E-state index contributed by atoms with van der Waals surface area (Å²) < 4.78 is 20.8. The van der Waals surface area contributed by atoms with E-state index in [0.717, 1.165) is 5.56 Å². The molecule has 0 N–H and O–H groups in total. The van der Waals surface area contributed by atoms with E-state index in [-0.39, 0.29) is 11.9 Å². The van der Waals surface area contributed by atoms with Crippen LogP contribution in [0.5, 0.6) is 17.2 Å². The van der Waals surface area contributed by atoms with E-state index in [4.69, 9.17) is 18.9 Å². The van der Waals surface area contributed by atoms with Crippen LogP contribution in [0.1, 0.15) is 17.9 Å². The van der Waals surface area contributed by atoms with E-state index < -0.39 is 0 Å². The molecular formula is C13H16O5. The minimum absolute atomic E-state index is 0.0474. The fraction of sp³-hybridized carbons (Fsp3) is 0.462. The number of carbonyl (C=O) groups excluding carboxylic acids is 1. The first-order valence-corrected chi connectivity index (χ1v) is 5.65. The highest BCUT2D eigenvalue weighted by Crippen LogP contribution is 2.41. The summed E-state index contributed by atoms with van der Waals surface area (Å²) in [6.45, 7) is 0.400. The maximum absolute atomic E-state index is 11.1. The summed E-state index contributed by atoms with van der Waals surface area (Å²) in [5.41, 5.74) is 0.954. The summed E-state index contributed by atoms with van der Waals surface area (Å²) in [4.78, 5) is 11.1. The van der Waals surface area contributed by atoms with Gasteiger partial charge in [-0.05, 0) is 17.7 Å². The second-order valence-electron chi connectivity index (χ2n) is 4.04. The normalized spacial score (nSPS) is 18.4. The number of esters is 1. The van der Waals surface area contributed by atoms with E-state index >= 15 is 0 Å². The number of benzene rings is 1. The van der Waals surface area contributed by atoms with Gasteiger partial charge in [0.2, 0.25) is 5.75 Å². The van der Waals surface area contributed by atoms with Crippen molar-refractivity contribution in [2.24, 2.45) is 0 Å². The number of hydrogen-bond acceptors (Lipinski definition) is 5. The lowest BCUT2D eigenvalue weighted by atomic mass is 9.97. The van der Waals surface area contributed by atoms with E-state index in [9.17, 15) is 4.79 Å². The number of methoxy groups -OCH3 is 3. The lowest BCUT2D eigenvalue weighted by Gasteiger charge is -2.15. The zero-order valence-electron chi connectivity index (χ0n) is 10.7. The average molecular weight is 252 g/mol. The molecule has 18 heavy (non-hydrogen) atoms. The lowest BCUT2D eigenvalue weighted by Crippen LogP contribution is -2.01. The quantitative estimate of drug-likeness (QED) is 0.764. The Balaban J connectivity index is 2.40. The molecule has 1 fully saturated rings. The predicted octanol–water partition coefficient (Wildman–Crippen LogP) is 1.74. The summed E-state index contributed by atoms with van der Waals surface area (Å²) >= 11 is 0. The predicted molar refractivity (Wildman–Crippen MR) is 64.4 cm³/mol. The molecule has 5 nitrogen and oxygen atoms in total. The summed E-state index contributed by atoms with van der Waals surface area (Å²) in [6.07, 6.45) is 0.388. The van der Waals surface area contributed by atoms with Crippen molar-refractivity contribution in [3.05, 3.63) is 17.7 Å². The molecule has 0 aromatic heterocycles. The topological polar surface area (TPSA) is 54.0 Å². The van der Waals surface area contributed by atoms with Crippen LogP contribution in [0.15, 0.2) is 12.1 Å². The first kappa shape index (κ1) is 12.5. The number of rotatable bonds is 4. The van der Waals surface area contributed by atoms with Gasteiger partial charge in [-0.3, -0.25) is 4.79 Å². The van der Waals surface area contributed by atoms with Crippen LogP contribution in [0.4, 0.5) is 0 Å². The molecule has 0 saturated carbocycles. The van der Waals surface area contributed by atoms with E-state index in [2.05, 4.69) is 0 Å². The Morgan fingerprint density at radius 1 is 1.11 bits per heavy atom. The minimum atomic E-state index is -0.172. The average Bonchev–Trinajstić information content (AvgIpc) is 2.83. The molecule has 0 aliphatic carbocycles. The van der Waals surface area contributed by atoms with Gasteiger partial charge in [-0.2, -0.15) is 0 Å². The molecule has 0 amide bonds. The van der Waals surface area contributed by atoms with E-state index in [1.165, 1.54) is 0 Å². The molecule has 1 aliphatic heterocycles. The van der Waals surface area contributed by atoms with Crippen molar-refractivity contribution < 1.29 is 23.7 Å². The highest BCUT2D eigenvalue weighted by molar-refractivity contribution is 5.73. The summed E-state index contributed by atoms with van der Waals surface area (Å²) in [7, 11) is 4.69. The number of cyclic esters (lactones) is 1. The third-order valence-corrected chi connectivity index (χ3v) is 3.02. The van der Waals surface area contributed by atoms with Crippen molar-refractivity contribution in [1.82, 2.24) is 0 Å². The summed E-state index contributed by atoms with van der Waals surface area (Å²) in [6, 6.07) is 3.71. The van der Waals surface area contributed by atoms with Crippen LogP contribution in [0.3, 0.4) is 0 Å². The molecular weight excluding hydrogens is 236 g/mol. The van der Waals surface area contributed by atoms with Crippen molar-refractivity contribution in [1.29, 1.82) is 0 Å². The van der Waals surface area contributed by atoms with Gasteiger partial charge in [0.15, 0.2) is 11.5 Å². The van der Waals surface area contributed by atoms with Gasteiger partial charge in [-0.1, -0.05) is 0 Å². The van der Waals surface area contributed by atoms with Gasteiger partial charge in [0.05, 0.1) is 34.4 Å². The molecule has 0 unspecified atom stereocenters. The number of hydrogen-bond donors (Lipinski definition) is 0. The van der Waals surface area contributed by atoms with Crippen LogP contribution in [0, 0.1) is 0 Å². The van der Waals surface area contributed by atoms with Crippen LogP contribution in [0.2, 0.25) is 0 Å². The van der Waals surface area contributed by atoms with Gasteiger partial charge in [0, 0.05) is 5.92 Å². The minimum Gasteiger partial charge on any atom is -0.493 e. The van der Waals surface area contributed by atoms with Crippen molar-refractivity contribution in [2.45, 2.75) is 12.3 Å². The molecule has 0 spiro atoms. The molecule has 5 heteroatoms. The Morgan fingerprint density at radius 3 is 2.11 bits per heavy atom. The Bertz CT molecular complexity index is 430. The maximum Gasteiger partial charge on any atom is 0.306 e. The van der Waals surface area contributed by atoms with Gasteiger partial charge in [-0.25, -0.2) is 0 Å². The standard InChI is InChI=1S/C13H16O5/c1-15-10-4-8(9-6-12(14)18-7-9)5-11(16-2)13(10)17-3/h4-5,9H,6-7H2,1-3H3/t9-/m0/s1. The molecule has 1 atom stereocenters. The number of ether oxygens (including phenoxy) is 4. The Kier molecular flexibility index (Phi) is 3.60. The molecule has 0 radical (unpaired) electrons. The molecule has 1 aliphatic rings. The SMILES string of the molecule is COc1cc([C@@H]2COC(=O)C2)cc(OC)c1OC. The van der Waals surface area contributed by atoms with Crippen LogP contribution in [-0.2, 0) is 9.53 Å². The van der Waals surface area contributed by atoms with Crippen LogP contribution in [0.25, 0.3) is 0 Å². The van der Waals surface area contributed by atoms with Crippen molar-refractivity contribution in [3.63, 3.8) is 0 Å². The third-order valence-electron chi connectivity index (χ3n) is 3.02. The van der Waals surface area contributed by atoms with Gasteiger partial charge in [0.25, 0.3) is 0 Å². The van der Waals surface area contributed by atoms with Gasteiger partial charge in [0.1, 0.15) is 0 Å². The zero-order valence-corrected chi connectivity index (χ0v) is 10.7. The Hall–Kier alpha value is -1.91. The molecule has 2 rings (SSSR count). The molecule has 1 heterocycles. The fourth-order valence-corrected chi connectivity index (χ4v) is 2.06. The number of carbonyl (C=O) groups is 1. The highest BCUT2D eigenvalue weighted by atomic mass is 16.5. The summed E-state index contributed by atoms with van der Waals surface area (Å²) in [5.74, 6) is 1.60. The Labute approximate surface area is 106 Å². The summed E-state index contributed by atoms with van der Waals surface area (Å²) in [5, 5.41) is 0. The smallest absolute Gasteiger partial charge is 0.306 e. The maximum atomic E-state index is 11.1. The van der Waals surface area contributed by atoms with Crippen LogP contribution < -0.4 is 14.2 Å². The monoisotopic (exact) mass is 252 g/mol. The van der Waals surface area contributed by atoms with Gasteiger partial charge in [-0.15, -0.1) is 0 Å². The Morgan fingerprint density at radius 2 is 1.72 bits per heavy atom. The largest absolute Gasteiger partial charge is 0.493 e. The molecule has 98 valence electrons. The van der Waals surface area contributed by atoms with E-state index in [1.54, 1.807) is 21.3 Å². The van der Waals surface area contributed by atoms with E-state index in [1.807, 2.05) is 12.1 Å². The molecule has 1 aromatic rings. The second-order valence-corrected chi connectivity index (χ2v) is 4.04. The second kappa shape index (κ2) is 5.16. The van der Waals surface area contributed by atoms with Crippen molar-refractivity contribution in [3.8, 4) is 17.2 Å². The zero-order chi connectivity index (χ0) is 13.1. The molecule has 1 saturated heterocycles. The molecule has 0 bridgehead atoms. The van der Waals surface area contributed by atoms with Crippen LogP contribution in [-0.4, -0.2) is 33.9 Å². The van der Waals surface area contributed by atoms with Crippen molar-refractivity contribution in [2.75, 3.05) is 27.9 Å². The highest BCUT2D eigenvalue weighted by Gasteiger charge is 2.27.